The van der Waals surface area contributed by atoms with Gasteiger partial charge in [0.2, 0.25) is 0 Å². The molecule has 4 heteroatoms. The number of rotatable bonds is 6. The Morgan fingerprint density at radius 2 is 2.15 bits per heavy atom. The van der Waals surface area contributed by atoms with Crippen molar-refractivity contribution in [3.8, 4) is 5.75 Å². The van der Waals surface area contributed by atoms with Crippen LogP contribution in [0, 0.1) is 0 Å². The highest BCUT2D eigenvalue weighted by Crippen LogP contribution is 2.24. The van der Waals surface area contributed by atoms with Crippen LogP contribution in [-0.2, 0) is 4.74 Å². The summed E-state index contributed by atoms with van der Waals surface area (Å²) < 4.78 is 11.1. The molecule has 3 atom stereocenters. The van der Waals surface area contributed by atoms with Crippen LogP contribution in [-0.4, -0.2) is 38.0 Å². The minimum atomic E-state index is -0.607. The Morgan fingerprint density at radius 3 is 2.90 bits per heavy atom. The maximum atomic E-state index is 10.2. The summed E-state index contributed by atoms with van der Waals surface area (Å²) in [6.45, 7) is 0.329. The van der Waals surface area contributed by atoms with Crippen LogP contribution in [0.15, 0.2) is 24.3 Å². The Morgan fingerprint density at radius 1 is 1.35 bits per heavy atom. The number of methoxy groups -OCH3 is 1. The van der Waals surface area contributed by atoms with Gasteiger partial charge in [0.15, 0.2) is 0 Å². The van der Waals surface area contributed by atoms with E-state index in [2.05, 4.69) is 5.32 Å². The van der Waals surface area contributed by atoms with E-state index < -0.39 is 6.10 Å². The van der Waals surface area contributed by atoms with Crippen LogP contribution in [0.25, 0.3) is 0 Å². The quantitative estimate of drug-likeness (QED) is 0.839. The van der Waals surface area contributed by atoms with Crippen LogP contribution >= 0.6 is 0 Å². The minimum Gasteiger partial charge on any atom is -0.497 e. The maximum Gasteiger partial charge on any atom is 0.119 e. The highest BCUT2D eigenvalue weighted by Gasteiger charge is 2.25. The van der Waals surface area contributed by atoms with E-state index in [0.29, 0.717) is 12.6 Å². The Kier molecular flexibility index (Phi) is 5.83. The Labute approximate surface area is 121 Å². The number of aliphatic hydroxyl groups excluding tert-OH is 1. The molecule has 4 nitrogen and oxygen atoms in total. The van der Waals surface area contributed by atoms with Gasteiger partial charge in [-0.3, -0.25) is 0 Å². The van der Waals surface area contributed by atoms with Crippen molar-refractivity contribution >= 4 is 0 Å². The molecular formula is C16H25NO3. The van der Waals surface area contributed by atoms with Gasteiger partial charge in [0.25, 0.3) is 0 Å². The molecule has 2 N–H and O–H groups in total. The second-order valence-corrected chi connectivity index (χ2v) is 5.34. The monoisotopic (exact) mass is 279 g/mol. The lowest BCUT2D eigenvalue weighted by Crippen LogP contribution is -2.42. The predicted octanol–water partition coefficient (Wildman–Crippen LogP) is 2.28. The fraction of sp³-hybridized carbons (Fsp3) is 0.625. The lowest BCUT2D eigenvalue weighted by atomic mass is 9.92. The molecule has 0 saturated heterocycles. The van der Waals surface area contributed by atoms with Crippen molar-refractivity contribution in [2.75, 3.05) is 20.8 Å². The molecule has 2 rings (SSSR count). The number of hydrogen-bond acceptors (Lipinski definition) is 4. The number of likely N-dealkylation sites (N-methyl/N-ethyl adjacent to an activating group) is 1. The molecule has 0 amide bonds. The van der Waals surface area contributed by atoms with E-state index in [0.717, 1.165) is 24.2 Å². The molecule has 1 fully saturated rings. The van der Waals surface area contributed by atoms with Crippen LogP contribution < -0.4 is 10.1 Å². The maximum absolute atomic E-state index is 10.2. The highest BCUT2D eigenvalue weighted by atomic mass is 16.5. The average molecular weight is 279 g/mol. The number of nitrogens with one attached hydrogen (secondary N) is 1. The third-order valence-corrected chi connectivity index (χ3v) is 4.02. The Bertz CT molecular complexity index is 410. The van der Waals surface area contributed by atoms with Crippen LogP contribution in [0.4, 0.5) is 0 Å². The Balaban J connectivity index is 1.88. The molecular weight excluding hydrogens is 254 g/mol. The van der Waals surface area contributed by atoms with E-state index >= 15 is 0 Å². The van der Waals surface area contributed by atoms with Crippen molar-refractivity contribution in [1.82, 2.24) is 5.32 Å². The van der Waals surface area contributed by atoms with E-state index in [1.165, 1.54) is 12.8 Å². The SMILES string of the molecule is CNC1CCCCC1OCC(O)c1cccc(OC)c1. The van der Waals surface area contributed by atoms with Gasteiger partial charge in [0.05, 0.1) is 19.8 Å². The van der Waals surface area contributed by atoms with Gasteiger partial charge < -0.3 is 19.9 Å². The van der Waals surface area contributed by atoms with Crippen molar-refractivity contribution in [2.24, 2.45) is 0 Å². The summed E-state index contributed by atoms with van der Waals surface area (Å²) in [5.74, 6) is 0.757. The summed E-state index contributed by atoms with van der Waals surface area (Å²) in [6.07, 6.45) is 4.27. The molecule has 0 aliphatic heterocycles. The fourth-order valence-corrected chi connectivity index (χ4v) is 2.79. The molecule has 1 aliphatic rings. The van der Waals surface area contributed by atoms with Gasteiger partial charge >= 0.3 is 0 Å². The smallest absolute Gasteiger partial charge is 0.119 e. The minimum absolute atomic E-state index is 0.203. The second-order valence-electron chi connectivity index (χ2n) is 5.34. The average Bonchev–Trinajstić information content (AvgIpc) is 2.52. The van der Waals surface area contributed by atoms with Crippen LogP contribution in [0.5, 0.6) is 5.75 Å². The lowest BCUT2D eigenvalue weighted by molar-refractivity contribution is -0.0380. The van der Waals surface area contributed by atoms with Gasteiger partial charge in [0.1, 0.15) is 11.9 Å². The zero-order valence-electron chi connectivity index (χ0n) is 12.3. The van der Waals surface area contributed by atoms with Crippen molar-refractivity contribution in [2.45, 2.75) is 43.9 Å². The summed E-state index contributed by atoms with van der Waals surface area (Å²) in [6, 6.07) is 7.91. The first-order valence-corrected chi connectivity index (χ1v) is 7.35. The van der Waals surface area contributed by atoms with Gasteiger partial charge in [-0.1, -0.05) is 25.0 Å². The number of aliphatic hydroxyl groups is 1. The van der Waals surface area contributed by atoms with Crippen LogP contribution in [0.3, 0.4) is 0 Å². The summed E-state index contributed by atoms with van der Waals surface area (Å²) in [4.78, 5) is 0. The van der Waals surface area contributed by atoms with E-state index in [1.54, 1.807) is 7.11 Å². The largest absolute Gasteiger partial charge is 0.497 e. The number of hydrogen-bond donors (Lipinski definition) is 2. The molecule has 20 heavy (non-hydrogen) atoms. The predicted molar refractivity (Wildman–Crippen MR) is 79.0 cm³/mol. The second kappa shape index (κ2) is 7.62. The zero-order chi connectivity index (χ0) is 14.4. The summed E-state index contributed by atoms with van der Waals surface area (Å²) >= 11 is 0. The molecule has 0 bridgehead atoms. The topological polar surface area (TPSA) is 50.7 Å². The van der Waals surface area contributed by atoms with Crippen molar-refractivity contribution < 1.29 is 14.6 Å². The van der Waals surface area contributed by atoms with Crippen LogP contribution in [0.1, 0.15) is 37.4 Å². The molecule has 3 unspecified atom stereocenters. The molecule has 112 valence electrons. The van der Waals surface area contributed by atoms with Gasteiger partial charge in [-0.05, 0) is 37.6 Å². The molecule has 1 saturated carbocycles. The van der Waals surface area contributed by atoms with E-state index in [4.69, 9.17) is 9.47 Å². The molecule has 0 radical (unpaired) electrons. The number of benzene rings is 1. The first kappa shape index (κ1) is 15.3. The zero-order valence-corrected chi connectivity index (χ0v) is 12.3. The van der Waals surface area contributed by atoms with Crippen molar-refractivity contribution in [3.05, 3.63) is 29.8 Å². The van der Waals surface area contributed by atoms with Crippen LogP contribution in [0.2, 0.25) is 0 Å². The third kappa shape index (κ3) is 3.95. The van der Waals surface area contributed by atoms with Gasteiger partial charge in [-0.25, -0.2) is 0 Å². The molecule has 1 aromatic rings. The molecule has 0 aromatic heterocycles. The van der Waals surface area contributed by atoms with Crippen molar-refractivity contribution in [3.63, 3.8) is 0 Å². The first-order chi connectivity index (χ1) is 9.74. The summed E-state index contributed by atoms with van der Waals surface area (Å²) in [7, 11) is 3.60. The van der Waals surface area contributed by atoms with Gasteiger partial charge in [-0.15, -0.1) is 0 Å². The first-order valence-electron chi connectivity index (χ1n) is 7.35. The summed E-state index contributed by atoms with van der Waals surface area (Å²) in [5.41, 5.74) is 0.834. The van der Waals surface area contributed by atoms with E-state index in [9.17, 15) is 5.11 Å². The Hall–Kier alpha value is -1.10. The molecule has 1 aromatic carbocycles. The standard InChI is InChI=1S/C16H25NO3/c1-17-14-8-3-4-9-16(14)20-11-15(18)12-6-5-7-13(10-12)19-2/h5-7,10,14-18H,3-4,8-9,11H2,1-2H3. The summed E-state index contributed by atoms with van der Waals surface area (Å²) in [5, 5.41) is 13.5. The normalized spacial score (nSPS) is 24.4. The van der Waals surface area contributed by atoms with E-state index in [-0.39, 0.29) is 6.10 Å². The van der Waals surface area contributed by atoms with E-state index in [1.807, 2.05) is 31.3 Å². The van der Waals surface area contributed by atoms with Crippen molar-refractivity contribution in [1.29, 1.82) is 0 Å². The fourth-order valence-electron chi connectivity index (χ4n) is 2.79. The lowest BCUT2D eigenvalue weighted by Gasteiger charge is -2.31. The highest BCUT2D eigenvalue weighted by molar-refractivity contribution is 5.29. The third-order valence-electron chi connectivity index (χ3n) is 4.02. The molecule has 0 heterocycles. The number of ether oxygens (including phenoxy) is 2. The molecule has 0 spiro atoms. The van der Waals surface area contributed by atoms with Gasteiger partial charge in [0, 0.05) is 6.04 Å². The van der Waals surface area contributed by atoms with Gasteiger partial charge in [-0.2, -0.15) is 0 Å². The molecule has 1 aliphatic carbocycles.